The van der Waals surface area contributed by atoms with Crippen molar-refractivity contribution in [3.63, 3.8) is 0 Å². The van der Waals surface area contributed by atoms with E-state index in [1.807, 2.05) is 6.92 Å². The van der Waals surface area contributed by atoms with Crippen LogP contribution in [0, 0.1) is 10.1 Å². The summed E-state index contributed by atoms with van der Waals surface area (Å²) in [5.74, 6) is 0. The molecule has 0 saturated heterocycles. The van der Waals surface area contributed by atoms with Crippen LogP contribution in [-0.4, -0.2) is 11.5 Å². The first-order valence-corrected chi connectivity index (χ1v) is 4.26. The Morgan fingerprint density at radius 3 is 2.86 bits per heavy atom. The first-order valence-electron chi connectivity index (χ1n) is 4.26. The quantitative estimate of drug-likeness (QED) is 0.451. The molecule has 5 nitrogen and oxygen atoms in total. The minimum absolute atomic E-state index is 0.0674. The first kappa shape index (κ1) is 10.5. The molecule has 0 heterocycles. The van der Waals surface area contributed by atoms with Crippen molar-refractivity contribution >= 4 is 11.4 Å². The number of hydrogen-bond acceptors (Lipinski definition) is 4. The third-order valence-corrected chi connectivity index (χ3v) is 1.83. The molecule has 1 aromatic rings. The summed E-state index contributed by atoms with van der Waals surface area (Å²) in [5.41, 5.74) is 6.38. The van der Waals surface area contributed by atoms with Crippen molar-refractivity contribution in [1.82, 2.24) is 0 Å². The molecule has 0 unspecified atom stereocenters. The van der Waals surface area contributed by atoms with Crippen LogP contribution in [0.15, 0.2) is 18.2 Å². The molecular weight excluding hydrogens is 184 g/mol. The van der Waals surface area contributed by atoms with Gasteiger partial charge in [-0.1, -0.05) is 12.1 Å². The van der Waals surface area contributed by atoms with Crippen LogP contribution in [0.3, 0.4) is 0 Å². The summed E-state index contributed by atoms with van der Waals surface area (Å²) >= 11 is 0. The highest BCUT2D eigenvalue weighted by Crippen LogP contribution is 2.25. The summed E-state index contributed by atoms with van der Waals surface area (Å²) in [6, 6.07) is 4.70. The van der Waals surface area contributed by atoms with Crippen LogP contribution in [0.1, 0.15) is 12.5 Å². The number of benzene rings is 1. The zero-order valence-electron chi connectivity index (χ0n) is 7.90. The Kier molecular flexibility index (Phi) is 3.41. The Morgan fingerprint density at radius 1 is 1.57 bits per heavy atom. The van der Waals surface area contributed by atoms with Gasteiger partial charge in [0.25, 0.3) is 5.69 Å². The molecule has 0 aromatic heterocycles. The van der Waals surface area contributed by atoms with E-state index >= 15 is 0 Å². The van der Waals surface area contributed by atoms with Gasteiger partial charge < -0.3 is 10.5 Å². The maximum absolute atomic E-state index is 10.5. The van der Waals surface area contributed by atoms with Crippen LogP contribution in [0.25, 0.3) is 0 Å². The van der Waals surface area contributed by atoms with Gasteiger partial charge in [0.05, 0.1) is 11.5 Å². The topological polar surface area (TPSA) is 78.4 Å². The maximum Gasteiger partial charge on any atom is 0.292 e. The number of nitro groups is 1. The molecule has 5 heteroatoms. The largest absolute Gasteiger partial charge is 0.393 e. The van der Waals surface area contributed by atoms with Crippen molar-refractivity contribution in [2.24, 2.45) is 0 Å². The average molecular weight is 196 g/mol. The molecule has 0 atom stereocenters. The number of anilines is 1. The highest BCUT2D eigenvalue weighted by molar-refractivity contribution is 5.62. The molecule has 0 aliphatic carbocycles. The van der Waals surface area contributed by atoms with E-state index < -0.39 is 4.92 Å². The van der Waals surface area contributed by atoms with Gasteiger partial charge in [0.15, 0.2) is 0 Å². The molecule has 0 aliphatic heterocycles. The molecule has 2 N–H and O–H groups in total. The lowest BCUT2D eigenvalue weighted by Crippen LogP contribution is -2.01. The predicted octanol–water partition coefficient (Wildman–Crippen LogP) is 1.71. The van der Waals surface area contributed by atoms with Crippen LogP contribution in [-0.2, 0) is 11.3 Å². The second kappa shape index (κ2) is 4.57. The van der Waals surface area contributed by atoms with Crippen molar-refractivity contribution in [1.29, 1.82) is 0 Å². The molecule has 0 fully saturated rings. The highest BCUT2D eigenvalue weighted by atomic mass is 16.6. The second-order valence-corrected chi connectivity index (χ2v) is 2.74. The fourth-order valence-electron chi connectivity index (χ4n) is 1.10. The Labute approximate surface area is 81.6 Å². The molecule has 1 aromatic carbocycles. The first-order chi connectivity index (χ1) is 6.66. The molecule has 1 rings (SSSR count). The van der Waals surface area contributed by atoms with E-state index in [0.29, 0.717) is 18.8 Å². The normalized spacial score (nSPS) is 10.1. The van der Waals surface area contributed by atoms with Gasteiger partial charge in [-0.2, -0.15) is 0 Å². The lowest BCUT2D eigenvalue weighted by atomic mass is 10.1. The third kappa shape index (κ3) is 2.20. The van der Waals surface area contributed by atoms with Crippen LogP contribution in [0.4, 0.5) is 11.4 Å². The number of nitrogen functional groups attached to an aromatic ring is 1. The standard InChI is InChI=1S/C9H12N2O3/c1-2-14-6-7-4-3-5-8(9(7)10)11(12)13/h3-5H,2,6,10H2,1H3. The predicted molar refractivity (Wildman–Crippen MR) is 52.8 cm³/mol. The smallest absolute Gasteiger partial charge is 0.292 e. The molecule has 0 amide bonds. The number of ether oxygens (including phenoxy) is 1. The van der Waals surface area contributed by atoms with E-state index in [1.165, 1.54) is 6.07 Å². The van der Waals surface area contributed by atoms with Crippen LogP contribution in [0.5, 0.6) is 0 Å². The number of rotatable bonds is 4. The Balaban J connectivity index is 2.95. The van der Waals surface area contributed by atoms with Crippen molar-refractivity contribution in [3.8, 4) is 0 Å². The van der Waals surface area contributed by atoms with Gasteiger partial charge in [0.2, 0.25) is 0 Å². The van der Waals surface area contributed by atoms with Gasteiger partial charge in [0, 0.05) is 18.2 Å². The molecule has 76 valence electrons. The Bertz CT molecular complexity index is 339. The van der Waals surface area contributed by atoms with Crippen LogP contribution < -0.4 is 5.73 Å². The molecule has 0 saturated carbocycles. The van der Waals surface area contributed by atoms with E-state index in [0.717, 1.165) is 0 Å². The molecular formula is C9H12N2O3. The number of hydrogen-bond donors (Lipinski definition) is 1. The SMILES string of the molecule is CCOCc1cccc([N+](=O)[O-])c1N. The summed E-state index contributed by atoms with van der Waals surface area (Å²) in [6.07, 6.45) is 0. The van der Waals surface area contributed by atoms with Gasteiger partial charge in [-0.25, -0.2) is 0 Å². The molecule has 0 radical (unpaired) electrons. The lowest BCUT2D eigenvalue weighted by Gasteiger charge is -2.05. The van der Waals surface area contributed by atoms with Gasteiger partial charge in [-0.05, 0) is 6.92 Å². The van der Waals surface area contributed by atoms with E-state index in [-0.39, 0.29) is 11.4 Å². The second-order valence-electron chi connectivity index (χ2n) is 2.74. The fourth-order valence-corrected chi connectivity index (χ4v) is 1.10. The molecule has 0 bridgehead atoms. The van der Waals surface area contributed by atoms with Crippen molar-refractivity contribution in [3.05, 3.63) is 33.9 Å². The maximum atomic E-state index is 10.5. The van der Waals surface area contributed by atoms with Crippen molar-refractivity contribution in [2.45, 2.75) is 13.5 Å². The van der Waals surface area contributed by atoms with E-state index in [9.17, 15) is 10.1 Å². The third-order valence-electron chi connectivity index (χ3n) is 1.83. The number of para-hydroxylation sites is 1. The van der Waals surface area contributed by atoms with E-state index in [4.69, 9.17) is 10.5 Å². The minimum Gasteiger partial charge on any atom is -0.393 e. The minimum atomic E-state index is -0.495. The fraction of sp³-hybridized carbons (Fsp3) is 0.333. The number of nitrogens with zero attached hydrogens (tertiary/aromatic N) is 1. The lowest BCUT2D eigenvalue weighted by molar-refractivity contribution is -0.384. The Morgan fingerprint density at radius 2 is 2.29 bits per heavy atom. The average Bonchev–Trinajstić information content (AvgIpc) is 2.16. The number of nitrogens with two attached hydrogens (primary N) is 1. The molecule has 14 heavy (non-hydrogen) atoms. The summed E-state index contributed by atoms with van der Waals surface area (Å²) in [5, 5.41) is 10.5. The summed E-state index contributed by atoms with van der Waals surface area (Å²) < 4.78 is 5.13. The highest BCUT2D eigenvalue weighted by Gasteiger charge is 2.13. The van der Waals surface area contributed by atoms with Crippen molar-refractivity contribution < 1.29 is 9.66 Å². The molecule has 0 spiro atoms. The Hall–Kier alpha value is -1.62. The zero-order valence-corrected chi connectivity index (χ0v) is 7.90. The van der Waals surface area contributed by atoms with Crippen LogP contribution in [0.2, 0.25) is 0 Å². The number of nitro benzene ring substituents is 1. The summed E-state index contributed by atoms with van der Waals surface area (Å²) in [4.78, 5) is 10.0. The summed E-state index contributed by atoms with van der Waals surface area (Å²) in [7, 11) is 0. The zero-order chi connectivity index (χ0) is 10.6. The van der Waals surface area contributed by atoms with E-state index in [2.05, 4.69) is 0 Å². The van der Waals surface area contributed by atoms with Gasteiger partial charge >= 0.3 is 0 Å². The van der Waals surface area contributed by atoms with E-state index in [1.54, 1.807) is 12.1 Å². The van der Waals surface area contributed by atoms with Crippen LogP contribution >= 0.6 is 0 Å². The van der Waals surface area contributed by atoms with Gasteiger partial charge in [0.1, 0.15) is 5.69 Å². The van der Waals surface area contributed by atoms with Crippen molar-refractivity contribution in [2.75, 3.05) is 12.3 Å². The molecule has 0 aliphatic rings. The van der Waals surface area contributed by atoms with Gasteiger partial charge in [-0.3, -0.25) is 10.1 Å². The monoisotopic (exact) mass is 196 g/mol. The van der Waals surface area contributed by atoms with Gasteiger partial charge in [-0.15, -0.1) is 0 Å². The summed E-state index contributed by atoms with van der Waals surface area (Å²) in [6.45, 7) is 2.72.